The molecule has 1 saturated carbocycles. The number of benzene rings is 1. The Hall–Kier alpha value is -0.710. The maximum absolute atomic E-state index is 6.00. The fourth-order valence-corrected chi connectivity index (χ4v) is 3.52. The molecule has 4 heteroatoms. The van der Waals surface area contributed by atoms with Crippen molar-refractivity contribution in [1.29, 1.82) is 0 Å². The quantitative estimate of drug-likeness (QED) is 0.836. The molecule has 3 nitrogen and oxygen atoms in total. The molecule has 0 spiro atoms. The summed E-state index contributed by atoms with van der Waals surface area (Å²) in [5.41, 5.74) is 1.29. The van der Waals surface area contributed by atoms with E-state index in [0.717, 1.165) is 36.8 Å². The van der Waals surface area contributed by atoms with Gasteiger partial charge in [-0.15, -0.1) is 0 Å². The highest BCUT2D eigenvalue weighted by Crippen LogP contribution is 2.31. The Balaban J connectivity index is 1.73. The number of rotatable bonds is 7. The molecule has 3 rings (SSSR count). The van der Waals surface area contributed by atoms with Crippen LogP contribution in [0.15, 0.2) is 24.3 Å². The third kappa shape index (κ3) is 4.38. The number of hydrogen-bond acceptors (Lipinski definition) is 4. The highest BCUT2D eigenvalue weighted by molar-refractivity contribution is 7.99. The van der Waals surface area contributed by atoms with Crippen LogP contribution in [-0.4, -0.2) is 36.9 Å². The lowest BCUT2D eigenvalue weighted by Gasteiger charge is -2.31. The summed E-state index contributed by atoms with van der Waals surface area (Å²) in [6.07, 6.45) is 4.23. The first-order chi connectivity index (χ1) is 10.4. The average Bonchev–Trinajstić information content (AvgIpc) is 3.33. The van der Waals surface area contributed by atoms with Crippen LogP contribution in [0.2, 0.25) is 0 Å². The number of hydrogen-bond donors (Lipinski definition) is 1. The first-order valence-electron chi connectivity index (χ1n) is 8.06. The molecule has 1 N–H and O–H groups in total. The third-order valence-electron chi connectivity index (χ3n) is 3.87. The molecule has 1 aromatic rings. The van der Waals surface area contributed by atoms with E-state index in [1.165, 1.54) is 18.4 Å². The molecule has 2 fully saturated rings. The smallest absolute Gasteiger partial charge is 0.120 e. The van der Waals surface area contributed by atoms with Crippen LogP contribution in [0.25, 0.3) is 0 Å². The lowest BCUT2D eigenvalue weighted by molar-refractivity contribution is 0.0467. The number of ether oxygens (including phenoxy) is 2. The van der Waals surface area contributed by atoms with Crippen molar-refractivity contribution < 1.29 is 9.47 Å². The zero-order valence-corrected chi connectivity index (χ0v) is 13.5. The minimum absolute atomic E-state index is 0.256. The first-order valence-corrected chi connectivity index (χ1v) is 9.21. The predicted molar refractivity (Wildman–Crippen MR) is 88.2 cm³/mol. The summed E-state index contributed by atoms with van der Waals surface area (Å²) in [6, 6.07) is 8.81. The van der Waals surface area contributed by atoms with Crippen molar-refractivity contribution in [3.05, 3.63) is 29.8 Å². The zero-order valence-electron chi connectivity index (χ0n) is 12.7. The molecule has 21 heavy (non-hydrogen) atoms. The lowest BCUT2D eigenvalue weighted by Crippen LogP contribution is -2.38. The normalized spacial score (nSPS) is 23.8. The molecule has 0 bridgehead atoms. The first kappa shape index (κ1) is 15.2. The van der Waals surface area contributed by atoms with Crippen molar-refractivity contribution in [3.8, 4) is 5.75 Å². The average molecular weight is 307 g/mol. The third-order valence-corrected chi connectivity index (χ3v) is 4.89. The van der Waals surface area contributed by atoms with E-state index in [9.17, 15) is 0 Å². The summed E-state index contributed by atoms with van der Waals surface area (Å²) in [4.78, 5) is 0. The van der Waals surface area contributed by atoms with E-state index >= 15 is 0 Å². The molecular weight excluding hydrogens is 282 g/mol. The van der Waals surface area contributed by atoms with Crippen LogP contribution >= 0.6 is 11.8 Å². The maximum atomic E-state index is 6.00. The van der Waals surface area contributed by atoms with Crippen molar-refractivity contribution in [1.82, 2.24) is 5.32 Å². The fraction of sp³-hybridized carbons (Fsp3) is 0.647. The Morgan fingerprint density at radius 3 is 3.05 bits per heavy atom. The second-order valence-electron chi connectivity index (χ2n) is 5.81. The van der Waals surface area contributed by atoms with E-state index in [1.54, 1.807) is 0 Å². The molecule has 1 heterocycles. The van der Waals surface area contributed by atoms with Crippen molar-refractivity contribution in [3.63, 3.8) is 0 Å². The molecule has 0 radical (unpaired) electrons. The van der Waals surface area contributed by atoms with Gasteiger partial charge in [0, 0.05) is 11.5 Å². The van der Waals surface area contributed by atoms with Gasteiger partial charge in [0.05, 0.1) is 24.9 Å². The summed E-state index contributed by atoms with van der Waals surface area (Å²) < 4.78 is 11.9. The van der Waals surface area contributed by atoms with Crippen LogP contribution in [0.1, 0.15) is 37.8 Å². The molecule has 1 aliphatic carbocycles. The van der Waals surface area contributed by atoms with Crippen LogP contribution in [-0.2, 0) is 4.74 Å². The van der Waals surface area contributed by atoms with Gasteiger partial charge in [-0.2, -0.15) is 11.8 Å². The molecule has 2 aliphatic rings. The van der Waals surface area contributed by atoms with Crippen molar-refractivity contribution >= 4 is 11.8 Å². The largest absolute Gasteiger partial charge is 0.490 e. The highest BCUT2D eigenvalue weighted by atomic mass is 32.2. The fourth-order valence-electron chi connectivity index (χ4n) is 2.62. The van der Waals surface area contributed by atoms with Gasteiger partial charge in [-0.25, -0.2) is 0 Å². The Kier molecular flexibility index (Phi) is 5.44. The van der Waals surface area contributed by atoms with Crippen LogP contribution in [0.5, 0.6) is 5.75 Å². The molecule has 116 valence electrons. The zero-order chi connectivity index (χ0) is 14.5. The molecule has 0 aromatic heterocycles. The minimum atomic E-state index is 0.256. The van der Waals surface area contributed by atoms with Crippen molar-refractivity contribution in [2.75, 3.05) is 24.7 Å². The van der Waals surface area contributed by atoms with Gasteiger partial charge in [0.25, 0.3) is 0 Å². The monoisotopic (exact) mass is 307 g/mol. The van der Waals surface area contributed by atoms with E-state index < -0.39 is 0 Å². The number of thioether (sulfide) groups is 1. The van der Waals surface area contributed by atoms with E-state index in [-0.39, 0.29) is 12.1 Å². The van der Waals surface area contributed by atoms with Crippen molar-refractivity contribution in [2.24, 2.45) is 0 Å². The summed E-state index contributed by atoms with van der Waals surface area (Å²) in [7, 11) is 0. The standard InChI is InChI=1S/C17H25NO2S/c1-2-8-18-17(16-12-21-10-9-19-16)13-4-3-5-15(11-13)20-14-6-7-14/h3-5,11,14,16-18H,2,6-10,12H2,1H3. The molecule has 1 saturated heterocycles. The van der Waals surface area contributed by atoms with Gasteiger partial charge in [0.2, 0.25) is 0 Å². The Labute approximate surface area is 131 Å². The van der Waals surface area contributed by atoms with Gasteiger partial charge < -0.3 is 14.8 Å². The van der Waals surface area contributed by atoms with Crippen LogP contribution < -0.4 is 10.1 Å². The van der Waals surface area contributed by atoms with Gasteiger partial charge in [0.1, 0.15) is 5.75 Å². The second-order valence-corrected chi connectivity index (χ2v) is 6.96. The van der Waals surface area contributed by atoms with E-state index in [2.05, 4.69) is 36.5 Å². The Bertz CT molecular complexity index is 444. The van der Waals surface area contributed by atoms with Gasteiger partial charge in [-0.3, -0.25) is 0 Å². The van der Waals surface area contributed by atoms with Crippen LogP contribution in [0.3, 0.4) is 0 Å². The summed E-state index contributed by atoms with van der Waals surface area (Å²) in [5.74, 6) is 3.18. The van der Waals surface area contributed by atoms with Gasteiger partial charge in [0.15, 0.2) is 0 Å². The van der Waals surface area contributed by atoms with Gasteiger partial charge in [-0.05, 0) is 43.5 Å². The van der Waals surface area contributed by atoms with Gasteiger partial charge in [-0.1, -0.05) is 19.1 Å². The maximum Gasteiger partial charge on any atom is 0.120 e. The van der Waals surface area contributed by atoms with Crippen LogP contribution in [0.4, 0.5) is 0 Å². The summed E-state index contributed by atoms with van der Waals surface area (Å²) in [5, 5.41) is 3.66. The molecule has 2 unspecified atom stereocenters. The Morgan fingerprint density at radius 2 is 2.33 bits per heavy atom. The van der Waals surface area contributed by atoms with E-state index in [4.69, 9.17) is 9.47 Å². The summed E-state index contributed by atoms with van der Waals surface area (Å²) >= 11 is 1.99. The van der Waals surface area contributed by atoms with Gasteiger partial charge >= 0.3 is 0 Å². The highest BCUT2D eigenvalue weighted by Gasteiger charge is 2.27. The molecule has 1 aliphatic heterocycles. The Morgan fingerprint density at radius 1 is 1.43 bits per heavy atom. The topological polar surface area (TPSA) is 30.5 Å². The molecule has 0 amide bonds. The SMILES string of the molecule is CCCNC(c1cccc(OC2CC2)c1)C1CSCCO1. The lowest BCUT2D eigenvalue weighted by atomic mass is 10.0. The molecule has 2 atom stereocenters. The predicted octanol–water partition coefficient (Wildman–Crippen LogP) is 3.40. The van der Waals surface area contributed by atoms with E-state index in [1.807, 2.05) is 11.8 Å². The van der Waals surface area contributed by atoms with Crippen LogP contribution in [0, 0.1) is 0 Å². The van der Waals surface area contributed by atoms with E-state index in [0.29, 0.717) is 6.10 Å². The minimum Gasteiger partial charge on any atom is -0.490 e. The number of nitrogens with one attached hydrogen (secondary N) is 1. The molecular formula is C17H25NO2S. The second kappa shape index (κ2) is 7.52. The van der Waals surface area contributed by atoms with Crippen molar-refractivity contribution in [2.45, 2.75) is 44.4 Å². The molecule has 1 aromatic carbocycles. The summed E-state index contributed by atoms with van der Waals surface area (Å²) in [6.45, 7) is 4.08.